The van der Waals surface area contributed by atoms with Gasteiger partial charge in [-0.2, -0.15) is 0 Å². The summed E-state index contributed by atoms with van der Waals surface area (Å²) in [5.41, 5.74) is -0.523. The topological polar surface area (TPSA) is 57.2 Å². The summed E-state index contributed by atoms with van der Waals surface area (Å²) in [5, 5.41) is 10.9. The Morgan fingerprint density at radius 1 is 1.12 bits per heavy atom. The van der Waals surface area contributed by atoms with E-state index in [1.807, 2.05) is 51.1 Å². The molecule has 2 aliphatic heterocycles. The highest BCUT2D eigenvalue weighted by atomic mass is 16.8. The van der Waals surface area contributed by atoms with Crippen LogP contribution in [-0.2, 0) is 25.6 Å². The van der Waals surface area contributed by atoms with Gasteiger partial charge in [0, 0.05) is 0 Å². The molecule has 24 heavy (non-hydrogen) atoms. The molecule has 5 heteroatoms. The minimum Gasteiger partial charge on any atom is -0.387 e. The summed E-state index contributed by atoms with van der Waals surface area (Å²) >= 11 is 0. The molecule has 0 amide bonds. The van der Waals surface area contributed by atoms with Crippen molar-refractivity contribution < 1.29 is 24.1 Å². The van der Waals surface area contributed by atoms with Crippen LogP contribution in [0, 0.1) is 0 Å². The van der Waals surface area contributed by atoms with Crippen molar-refractivity contribution in [2.24, 2.45) is 0 Å². The maximum absolute atomic E-state index is 10.9. The Morgan fingerprint density at radius 3 is 2.46 bits per heavy atom. The van der Waals surface area contributed by atoms with Gasteiger partial charge in [-0.1, -0.05) is 37.3 Å². The van der Waals surface area contributed by atoms with Gasteiger partial charge >= 0.3 is 0 Å². The van der Waals surface area contributed by atoms with Crippen LogP contribution in [0.3, 0.4) is 0 Å². The molecule has 0 aromatic heterocycles. The van der Waals surface area contributed by atoms with E-state index in [2.05, 4.69) is 0 Å². The second-order valence-corrected chi connectivity index (χ2v) is 7.58. The molecule has 1 aliphatic carbocycles. The molecule has 0 radical (unpaired) electrons. The maximum atomic E-state index is 10.9. The van der Waals surface area contributed by atoms with E-state index < -0.39 is 23.3 Å². The minimum atomic E-state index is -0.843. The Balaban J connectivity index is 1.60. The predicted octanol–water partition coefficient (Wildman–Crippen LogP) is 2.75. The SMILES string of the molecule is CC[C@]1(C2(O)CC2)O[C@@H]2OC(C)(C)O[C@H]2C1OCc1ccccc1. The van der Waals surface area contributed by atoms with E-state index in [1.165, 1.54) is 0 Å². The first-order chi connectivity index (χ1) is 11.4. The molecule has 4 atom stereocenters. The first-order valence-corrected chi connectivity index (χ1v) is 8.80. The summed E-state index contributed by atoms with van der Waals surface area (Å²) < 4.78 is 24.5. The second-order valence-electron chi connectivity index (χ2n) is 7.58. The van der Waals surface area contributed by atoms with Crippen LogP contribution in [0.1, 0.15) is 45.6 Å². The lowest BCUT2D eigenvalue weighted by Crippen LogP contribution is -2.55. The molecule has 5 nitrogen and oxygen atoms in total. The molecule has 1 unspecified atom stereocenters. The Kier molecular flexibility index (Phi) is 3.79. The standard InChI is InChI=1S/C19H26O5/c1-4-19(18(20)10-11-18)15(21-12-13-8-6-5-7-9-13)14-16(24-19)23-17(2,3)22-14/h5-9,14-16,20H,4,10-12H2,1-3H3/t14-,15?,16-,19-/m0/s1. The minimum absolute atomic E-state index is 0.326. The number of rotatable bonds is 5. The van der Waals surface area contributed by atoms with Crippen molar-refractivity contribution in [3.05, 3.63) is 35.9 Å². The van der Waals surface area contributed by atoms with Crippen molar-refractivity contribution in [2.45, 2.75) is 82.1 Å². The van der Waals surface area contributed by atoms with Crippen molar-refractivity contribution in [1.29, 1.82) is 0 Å². The van der Waals surface area contributed by atoms with Crippen LogP contribution in [0.5, 0.6) is 0 Å². The largest absolute Gasteiger partial charge is 0.387 e. The smallest absolute Gasteiger partial charge is 0.190 e. The van der Waals surface area contributed by atoms with Crippen molar-refractivity contribution >= 4 is 0 Å². The zero-order valence-electron chi connectivity index (χ0n) is 14.5. The van der Waals surface area contributed by atoms with Gasteiger partial charge in [0.05, 0.1) is 12.2 Å². The lowest BCUT2D eigenvalue weighted by atomic mass is 9.84. The van der Waals surface area contributed by atoms with Gasteiger partial charge < -0.3 is 24.1 Å². The summed E-state index contributed by atoms with van der Waals surface area (Å²) in [5.74, 6) is -0.699. The molecule has 2 saturated heterocycles. The third kappa shape index (κ3) is 2.50. The third-order valence-corrected chi connectivity index (χ3v) is 5.48. The van der Waals surface area contributed by atoms with Crippen molar-refractivity contribution in [1.82, 2.24) is 0 Å². The zero-order valence-corrected chi connectivity index (χ0v) is 14.5. The number of hydrogen-bond acceptors (Lipinski definition) is 5. The molecule has 0 bridgehead atoms. The summed E-state index contributed by atoms with van der Waals surface area (Å²) in [6.45, 7) is 6.24. The average Bonchev–Trinajstić information content (AvgIpc) is 3.14. The zero-order chi connectivity index (χ0) is 17.0. The Hall–Kier alpha value is -0.980. The van der Waals surface area contributed by atoms with E-state index in [4.69, 9.17) is 18.9 Å². The maximum Gasteiger partial charge on any atom is 0.190 e. The average molecular weight is 334 g/mol. The normalized spacial score (nSPS) is 38.9. The summed E-state index contributed by atoms with van der Waals surface area (Å²) in [7, 11) is 0. The summed E-state index contributed by atoms with van der Waals surface area (Å²) in [6, 6.07) is 10.0. The highest BCUT2D eigenvalue weighted by Gasteiger charge is 2.72. The Labute approximate surface area is 142 Å². The molecule has 1 aromatic carbocycles. The summed E-state index contributed by atoms with van der Waals surface area (Å²) in [6.07, 6.45) is 0.938. The van der Waals surface area contributed by atoms with Gasteiger partial charge in [-0.3, -0.25) is 0 Å². The monoisotopic (exact) mass is 334 g/mol. The quantitative estimate of drug-likeness (QED) is 0.897. The molecule has 4 rings (SSSR count). The third-order valence-electron chi connectivity index (χ3n) is 5.48. The first-order valence-electron chi connectivity index (χ1n) is 8.80. The molecule has 3 fully saturated rings. The van der Waals surface area contributed by atoms with E-state index in [9.17, 15) is 5.11 Å². The fraction of sp³-hybridized carbons (Fsp3) is 0.684. The van der Waals surface area contributed by atoms with Crippen LogP contribution in [0.25, 0.3) is 0 Å². The van der Waals surface area contributed by atoms with E-state index >= 15 is 0 Å². The molecular formula is C19H26O5. The molecular weight excluding hydrogens is 308 g/mol. The first kappa shape index (κ1) is 16.5. The van der Waals surface area contributed by atoms with Crippen LogP contribution in [0.4, 0.5) is 0 Å². The molecule has 2 heterocycles. The van der Waals surface area contributed by atoms with Gasteiger partial charge in [-0.25, -0.2) is 0 Å². The van der Waals surface area contributed by atoms with Gasteiger partial charge in [0.25, 0.3) is 0 Å². The van der Waals surface area contributed by atoms with Gasteiger partial charge in [0.2, 0.25) is 0 Å². The Morgan fingerprint density at radius 2 is 1.83 bits per heavy atom. The van der Waals surface area contributed by atoms with Crippen LogP contribution in [0.15, 0.2) is 30.3 Å². The molecule has 0 spiro atoms. The van der Waals surface area contributed by atoms with Gasteiger partial charge in [0.15, 0.2) is 12.1 Å². The van der Waals surface area contributed by atoms with Crippen LogP contribution >= 0.6 is 0 Å². The van der Waals surface area contributed by atoms with E-state index in [-0.39, 0.29) is 12.2 Å². The summed E-state index contributed by atoms with van der Waals surface area (Å²) in [4.78, 5) is 0. The lowest BCUT2D eigenvalue weighted by Gasteiger charge is -2.40. The van der Waals surface area contributed by atoms with Crippen LogP contribution in [0.2, 0.25) is 0 Å². The van der Waals surface area contributed by atoms with Gasteiger partial charge in [0.1, 0.15) is 17.8 Å². The Bertz CT molecular complexity index is 597. The molecule has 1 saturated carbocycles. The number of benzene rings is 1. The fourth-order valence-corrected chi connectivity index (χ4v) is 4.11. The predicted molar refractivity (Wildman–Crippen MR) is 87.1 cm³/mol. The molecule has 1 aromatic rings. The van der Waals surface area contributed by atoms with Crippen LogP contribution < -0.4 is 0 Å². The highest BCUT2D eigenvalue weighted by Crippen LogP contribution is 2.57. The van der Waals surface area contributed by atoms with Crippen molar-refractivity contribution in [3.63, 3.8) is 0 Å². The molecule has 1 N–H and O–H groups in total. The molecule has 132 valence electrons. The van der Waals surface area contributed by atoms with Crippen molar-refractivity contribution in [3.8, 4) is 0 Å². The molecule has 3 aliphatic rings. The van der Waals surface area contributed by atoms with Gasteiger partial charge in [-0.15, -0.1) is 0 Å². The number of fused-ring (bicyclic) bond motifs is 1. The number of ether oxygens (including phenoxy) is 4. The number of hydrogen-bond donors (Lipinski definition) is 1. The second kappa shape index (κ2) is 5.51. The van der Waals surface area contributed by atoms with E-state index in [0.717, 1.165) is 18.4 Å². The number of aliphatic hydroxyl groups is 1. The van der Waals surface area contributed by atoms with Crippen molar-refractivity contribution in [2.75, 3.05) is 0 Å². The van der Waals surface area contributed by atoms with E-state index in [1.54, 1.807) is 0 Å². The lowest BCUT2D eigenvalue weighted by molar-refractivity contribution is -0.270. The fourth-order valence-electron chi connectivity index (χ4n) is 4.11. The van der Waals surface area contributed by atoms with E-state index in [0.29, 0.717) is 13.0 Å². The highest BCUT2D eigenvalue weighted by molar-refractivity contribution is 5.20. The van der Waals surface area contributed by atoms with Crippen LogP contribution in [-0.4, -0.2) is 40.6 Å². The van der Waals surface area contributed by atoms with Gasteiger partial charge in [-0.05, 0) is 38.7 Å².